The number of halogens is 1. The van der Waals surface area contributed by atoms with E-state index in [0.717, 1.165) is 12.8 Å². The minimum Gasteiger partial charge on any atom is -0.444 e. The monoisotopic (exact) mass is 286 g/mol. The van der Waals surface area contributed by atoms with Gasteiger partial charge in [-0.2, -0.15) is 0 Å². The second-order valence-electron chi connectivity index (χ2n) is 4.45. The fourth-order valence-corrected chi connectivity index (χ4v) is 2.10. The molecule has 0 aliphatic heterocycles. The lowest BCUT2D eigenvalue weighted by molar-refractivity contribution is 0.0868. The third kappa shape index (κ3) is 2.30. The SMILES string of the molecule is CC(CN)(NC(=O)c1ccc(Br)o1)C1CC1. The van der Waals surface area contributed by atoms with Crippen molar-refractivity contribution in [3.05, 3.63) is 22.6 Å². The van der Waals surface area contributed by atoms with E-state index in [9.17, 15) is 4.79 Å². The summed E-state index contributed by atoms with van der Waals surface area (Å²) in [6.45, 7) is 2.44. The van der Waals surface area contributed by atoms with Gasteiger partial charge in [-0.3, -0.25) is 4.79 Å². The molecular formula is C11H15BrN2O2. The van der Waals surface area contributed by atoms with E-state index < -0.39 is 0 Å². The molecule has 1 atom stereocenters. The summed E-state index contributed by atoms with van der Waals surface area (Å²) < 4.78 is 5.75. The van der Waals surface area contributed by atoms with Gasteiger partial charge in [-0.25, -0.2) is 0 Å². The van der Waals surface area contributed by atoms with Crippen molar-refractivity contribution in [1.82, 2.24) is 5.32 Å². The maximum atomic E-state index is 11.9. The summed E-state index contributed by atoms with van der Waals surface area (Å²) in [6.07, 6.45) is 2.27. The van der Waals surface area contributed by atoms with Crippen LogP contribution in [-0.4, -0.2) is 18.0 Å². The van der Waals surface area contributed by atoms with E-state index >= 15 is 0 Å². The summed E-state index contributed by atoms with van der Waals surface area (Å²) in [6, 6.07) is 3.34. The summed E-state index contributed by atoms with van der Waals surface area (Å²) in [7, 11) is 0. The molecule has 0 saturated heterocycles. The van der Waals surface area contributed by atoms with Gasteiger partial charge >= 0.3 is 0 Å². The molecule has 0 bridgehead atoms. The molecule has 1 aliphatic rings. The van der Waals surface area contributed by atoms with Crippen molar-refractivity contribution in [1.29, 1.82) is 0 Å². The van der Waals surface area contributed by atoms with E-state index in [2.05, 4.69) is 21.2 Å². The highest BCUT2D eigenvalue weighted by molar-refractivity contribution is 9.10. The Morgan fingerprint density at radius 1 is 1.69 bits per heavy atom. The molecule has 2 rings (SSSR count). The van der Waals surface area contributed by atoms with Gasteiger partial charge in [0.2, 0.25) is 0 Å². The quantitative estimate of drug-likeness (QED) is 0.888. The predicted octanol–water partition coefficient (Wildman–Crippen LogP) is 1.90. The molecule has 0 spiro atoms. The highest BCUT2D eigenvalue weighted by Crippen LogP contribution is 2.39. The van der Waals surface area contributed by atoms with Crippen LogP contribution in [0.4, 0.5) is 0 Å². The Morgan fingerprint density at radius 3 is 2.81 bits per heavy atom. The molecule has 1 aromatic heterocycles. The number of furan rings is 1. The maximum absolute atomic E-state index is 11.9. The number of nitrogens with two attached hydrogens (primary N) is 1. The average molecular weight is 287 g/mol. The lowest BCUT2D eigenvalue weighted by Crippen LogP contribution is -2.53. The molecule has 16 heavy (non-hydrogen) atoms. The van der Waals surface area contributed by atoms with Crippen LogP contribution in [0.1, 0.15) is 30.3 Å². The Labute approximate surface area is 103 Å². The molecule has 1 fully saturated rings. The number of carbonyl (C=O) groups excluding carboxylic acids is 1. The fraction of sp³-hybridized carbons (Fsp3) is 0.545. The average Bonchev–Trinajstić information content (AvgIpc) is 3.02. The first-order chi connectivity index (χ1) is 7.55. The minimum absolute atomic E-state index is 0.203. The first-order valence-corrected chi connectivity index (χ1v) is 6.12. The van der Waals surface area contributed by atoms with E-state index in [4.69, 9.17) is 10.2 Å². The second kappa shape index (κ2) is 4.22. The Hall–Kier alpha value is -0.810. The van der Waals surface area contributed by atoms with E-state index in [0.29, 0.717) is 22.9 Å². The number of amides is 1. The zero-order valence-corrected chi connectivity index (χ0v) is 10.7. The summed E-state index contributed by atoms with van der Waals surface area (Å²) in [5.41, 5.74) is 5.42. The van der Waals surface area contributed by atoms with Gasteiger partial charge in [0, 0.05) is 6.54 Å². The normalized spacial score (nSPS) is 19.2. The maximum Gasteiger partial charge on any atom is 0.287 e. The standard InChI is InChI=1S/C11H15BrN2O2/c1-11(6-13,7-2-3-7)14-10(15)8-4-5-9(12)16-8/h4-5,7H,2-3,6,13H2,1H3,(H,14,15). The number of nitrogens with one attached hydrogen (secondary N) is 1. The van der Waals surface area contributed by atoms with Gasteiger partial charge in [0.05, 0.1) is 5.54 Å². The van der Waals surface area contributed by atoms with Crippen molar-refractivity contribution in [2.45, 2.75) is 25.3 Å². The van der Waals surface area contributed by atoms with Crippen molar-refractivity contribution in [3.8, 4) is 0 Å². The molecule has 88 valence electrons. The molecule has 5 heteroatoms. The van der Waals surface area contributed by atoms with Crippen molar-refractivity contribution in [3.63, 3.8) is 0 Å². The fourth-order valence-electron chi connectivity index (χ4n) is 1.80. The van der Waals surface area contributed by atoms with Crippen LogP contribution in [0.15, 0.2) is 21.2 Å². The van der Waals surface area contributed by atoms with Crippen LogP contribution in [0.5, 0.6) is 0 Å². The molecule has 1 heterocycles. The van der Waals surface area contributed by atoms with Crippen LogP contribution in [0.25, 0.3) is 0 Å². The molecule has 1 amide bonds. The van der Waals surface area contributed by atoms with Crippen molar-refractivity contribution in [2.75, 3.05) is 6.54 Å². The number of hydrogen-bond acceptors (Lipinski definition) is 3. The Morgan fingerprint density at radius 2 is 2.38 bits per heavy atom. The van der Waals surface area contributed by atoms with Crippen molar-refractivity contribution < 1.29 is 9.21 Å². The van der Waals surface area contributed by atoms with Crippen LogP contribution in [0.2, 0.25) is 0 Å². The van der Waals surface area contributed by atoms with Gasteiger partial charge < -0.3 is 15.5 Å². The third-order valence-electron chi connectivity index (χ3n) is 3.10. The van der Waals surface area contributed by atoms with Crippen molar-refractivity contribution >= 4 is 21.8 Å². The van der Waals surface area contributed by atoms with Gasteiger partial charge in [0.25, 0.3) is 5.91 Å². The summed E-state index contributed by atoms with van der Waals surface area (Å²) in [5.74, 6) is 0.609. The summed E-state index contributed by atoms with van der Waals surface area (Å²) >= 11 is 3.17. The largest absolute Gasteiger partial charge is 0.444 e. The van der Waals surface area contributed by atoms with Crippen LogP contribution >= 0.6 is 15.9 Å². The van der Waals surface area contributed by atoms with Gasteiger partial charge in [-0.05, 0) is 53.7 Å². The van der Waals surface area contributed by atoms with Gasteiger partial charge in [0.1, 0.15) is 0 Å². The molecule has 0 aromatic carbocycles. The number of carbonyl (C=O) groups is 1. The summed E-state index contributed by atoms with van der Waals surface area (Å²) in [4.78, 5) is 11.9. The Balaban J connectivity index is 2.06. The molecule has 1 saturated carbocycles. The molecule has 1 aromatic rings. The molecule has 1 aliphatic carbocycles. The molecule has 4 nitrogen and oxygen atoms in total. The van der Waals surface area contributed by atoms with E-state index in [1.54, 1.807) is 12.1 Å². The molecular weight excluding hydrogens is 272 g/mol. The Bertz CT molecular complexity index is 400. The van der Waals surface area contributed by atoms with Crippen LogP contribution < -0.4 is 11.1 Å². The molecule has 1 unspecified atom stereocenters. The Kier molecular flexibility index (Phi) is 3.08. The first-order valence-electron chi connectivity index (χ1n) is 5.33. The smallest absolute Gasteiger partial charge is 0.287 e. The van der Waals surface area contributed by atoms with E-state index in [1.807, 2.05) is 6.92 Å². The minimum atomic E-state index is -0.309. The predicted molar refractivity (Wildman–Crippen MR) is 64.1 cm³/mol. The molecule has 3 N–H and O–H groups in total. The van der Waals surface area contributed by atoms with Gasteiger partial charge in [0.15, 0.2) is 10.4 Å². The lowest BCUT2D eigenvalue weighted by atomic mass is 9.96. The number of rotatable bonds is 4. The lowest BCUT2D eigenvalue weighted by Gasteiger charge is -2.28. The highest BCUT2D eigenvalue weighted by atomic mass is 79.9. The van der Waals surface area contributed by atoms with Crippen molar-refractivity contribution in [2.24, 2.45) is 11.7 Å². The summed E-state index contributed by atoms with van der Waals surface area (Å²) in [5, 5.41) is 2.96. The topological polar surface area (TPSA) is 68.3 Å². The van der Waals surface area contributed by atoms with Crippen LogP contribution in [0.3, 0.4) is 0 Å². The third-order valence-corrected chi connectivity index (χ3v) is 3.52. The van der Waals surface area contributed by atoms with Gasteiger partial charge in [-0.1, -0.05) is 0 Å². The zero-order chi connectivity index (χ0) is 11.8. The second-order valence-corrected chi connectivity index (χ2v) is 5.24. The zero-order valence-electron chi connectivity index (χ0n) is 9.13. The first kappa shape index (κ1) is 11.7. The molecule has 0 radical (unpaired) electrons. The highest BCUT2D eigenvalue weighted by Gasteiger charge is 2.41. The van der Waals surface area contributed by atoms with Crippen LogP contribution in [-0.2, 0) is 0 Å². The number of hydrogen-bond donors (Lipinski definition) is 2. The van der Waals surface area contributed by atoms with E-state index in [1.165, 1.54) is 0 Å². The van der Waals surface area contributed by atoms with E-state index in [-0.39, 0.29) is 11.4 Å². The van der Waals surface area contributed by atoms with Gasteiger partial charge in [-0.15, -0.1) is 0 Å². The van der Waals surface area contributed by atoms with Crippen LogP contribution in [0, 0.1) is 5.92 Å².